The van der Waals surface area contributed by atoms with Gasteiger partial charge in [-0.2, -0.15) is 0 Å². The molecule has 0 radical (unpaired) electrons. The standard InChI is InChI=1S/C16H23NO5/c1-9-3-4-11(5-12(9)17-6-10(2)18)22-14-8-21-15-13(19)7-20-16(14)15/h3-5,10,13-19H,6-8H2,1-2H3/t10-,13-,14-,15+,16+/m0/s1. The number of ether oxygens (including phenoxy) is 3. The predicted molar refractivity (Wildman–Crippen MR) is 81.3 cm³/mol. The van der Waals surface area contributed by atoms with E-state index < -0.39 is 12.2 Å². The first kappa shape index (κ1) is 15.6. The maximum absolute atomic E-state index is 9.75. The van der Waals surface area contributed by atoms with E-state index in [1.807, 2.05) is 25.1 Å². The predicted octanol–water partition coefficient (Wildman–Crippen LogP) is 0.694. The third kappa shape index (κ3) is 3.20. The topological polar surface area (TPSA) is 80.2 Å². The van der Waals surface area contributed by atoms with Crippen LogP contribution in [0.4, 0.5) is 5.69 Å². The van der Waals surface area contributed by atoms with Crippen molar-refractivity contribution in [3.8, 4) is 5.75 Å². The molecule has 0 bridgehead atoms. The van der Waals surface area contributed by atoms with Crippen LogP contribution in [0.5, 0.6) is 5.75 Å². The summed E-state index contributed by atoms with van der Waals surface area (Å²) < 4.78 is 17.1. The maximum atomic E-state index is 9.75. The smallest absolute Gasteiger partial charge is 0.151 e. The fourth-order valence-corrected chi connectivity index (χ4v) is 2.84. The minimum absolute atomic E-state index is 0.213. The molecule has 0 saturated carbocycles. The quantitative estimate of drug-likeness (QED) is 0.743. The summed E-state index contributed by atoms with van der Waals surface area (Å²) in [5.41, 5.74) is 2.02. The Labute approximate surface area is 130 Å². The number of nitrogens with one attached hydrogen (secondary N) is 1. The minimum Gasteiger partial charge on any atom is -0.485 e. The SMILES string of the molecule is Cc1ccc(O[C@H]2CO[C@H]3[C@@H]2OC[C@@H]3O)cc1NC[C@H](C)O. The van der Waals surface area contributed by atoms with Gasteiger partial charge in [-0.15, -0.1) is 0 Å². The number of benzene rings is 1. The van der Waals surface area contributed by atoms with Gasteiger partial charge in [-0.05, 0) is 25.5 Å². The Kier molecular flexibility index (Phi) is 4.54. The first-order chi connectivity index (χ1) is 10.5. The first-order valence-corrected chi connectivity index (χ1v) is 7.65. The van der Waals surface area contributed by atoms with E-state index in [9.17, 15) is 10.2 Å². The van der Waals surface area contributed by atoms with Crippen molar-refractivity contribution < 1.29 is 24.4 Å². The van der Waals surface area contributed by atoms with Crippen molar-refractivity contribution in [3.63, 3.8) is 0 Å². The summed E-state index contributed by atoms with van der Waals surface area (Å²) in [7, 11) is 0. The highest BCUT2D eigenvalue weighted by atomic mass is 16.6. The van der Waals surface area contributed by atoms with Gasteiger partial charge in [0.05, 0.1) is 19.3 Å². The number of hydrogen-bond acceptors (Lipinski definition) is 6. The largest absolute Gasteiger partial charge is 0.485 e. The second kappa shape index (κ2) is 6.42. The Balaban J connectivity index is 1.66. The van der Waals surface area contributed by atoms with Crippen LogP contribution in [0.25, 0.3) is 0 Å². The molecule has 0 aromatic heterocycles. The van der Waals surface area contributed by atoms with E-state index in [1.54, 1.807) is 6.92 Å². The lowest BCUT2D eigenvalue weighted by atomic mass is 10.1. The normalized spacial score (nSPS) is 31.8. The van der Waals surface area contributed by atoms with Crippen LogP contribution in [0.2, 0.25) is 0 Å². The molecule has 0 aliphatic carbocycles. The van der Waals surface area contributed by atoms with Gasteiger partial charge in [-0.1, -0.05) is 6.07 Å². The molecule has 2 heterocycles. The molecule has 0 spiro atoms. The number of aliphatic hydroxyl groups excluding tert-OH is 2. The Bertz CT molecular complexity index is 521. The van der Waals surface area contributed by atoms with Crippen LogP contribution in [-0.4, -0.2) is 60.5 Å². The maximum Gasteiger partial charge on any atom is 0.151 e. The second-order valence-electron chi connectivity index (χ2n) is 6.03. The molecule has 6 nitrogen and oxygen atoms in total. The number of aryl methyl sites for hydroxylation is 1. The lowest BCUT2D eigenvalue weighted by Gasteiger charge is -2.19. The number of rotatable bonds is 5. The average Bonchev–Trinajstić information content (AvgIpc) is 3.04. The minimum atomic E-state index is -0.570. The van der Waals surface area contributed by atoms with Gasteiger partial charge in [0.15, 0.2) is 6.10 Å². The summed E-state index contributed by atoms with van der Waals surface area (Å²) in [6.07, 6.45) is -1.70. The molecule has 1 aromatic carbocycles. The van der Waals surface area contributed by atoms with Crippen LogP contribution < -0.4 is 10.1 Å². The lowest BCUT2D eigenvalue weighted by molar-refractivity contribution is 0.00863. The Morgan fingerprint density at radius 3 is 2.86 bits per heavy atom. The number of fused-ring (bicyclic) bond motifs is 1. The van der Waals surface area contributed by atoms with Gasteiger partial charge >= 0.3 is 0 Å². The molecular formula is C16H23NO5. The molecule has 2 fully saturated rings. The van der Waals surface area contributed by atoms with Crippen LogP contribution in [0.3, 0.4) is 0 Å². The van der Waals surface area contributed by atoms with Gasteiger partial charge in [-0.3, -0.25) is 0 Å². The molecule has 1 aromatic rings. The van der Waals surface area contributed by atoms with Crippen molar-refractivity contribution >= 4 is 5.69 Å². The van der Waals surface area contributed by atoms with Crippen molar-refractivity contribution in [2.24, 2.45) is 0 Å². The van der Waals surface area contributed by atoms with E-state index in [0.717, 1.165) is 17.0 Å². The molecule has 2 aliphatic rings. The van der Waals surface area contributed by atoms with E-state index in [1.165, 1.54) is 0 Å². The third-order valence-electron chi connectivity index (χ3n) is 4.07. The van der Waals surface area contributed by atoms with E-state index in [-0.39, 0.29) is 18.3 Å². The van der Waals surface area contributed by atoms with Crippen molar-refractivity contribution in [2.45, 2.75) is 44.4 Å². The zero-order chi connectivity index (χ0) is 15.7. The molecular weight excluding hydrogens is 286 g/mol. The van der Waals surface area contributed by atoms with Gasteiger partial charge in [0.25, 0.3) is 0 Å². The molecule has 6 heteroatoms. The molecule has 122 valence electrons. The lowest BCUT2D eigenvalue weighted by Crippen LogP contribution is -2.34. The van der Waals surface area contributed by atoms with E-state index in [4.69, 9.17) is 14.2 Å². The summed E-state index contributed by atoms with van der Waals surface area (Å²) in [5, 5.41) is 22.3. The second-order valence-corrected chi connectivity index (χ2v) is 6.03. The van der Waals surface area contributed by atoms with E-state index >= 15 is 0 Å². The van der Waals surface area contributed by atoms with Crippen molar-refractivity contribution in [1.82, 2.24) is 0 Å². The molecule has 2 aliphatic heterocycles. The highest BCUT2D eigenvalue weighted by Crippen LogP contribution is 2.31. The Morgan fingerprint density at radius 1 is 1.32 bits per heavy atom. The zero-order valence-corrected chi connectivity index (χ0v) is 12.9. The molecule has 2 saturated heterocycles. The highest BCUT2D eigenvalue weighted by Gasteiger charge is 2.48. The van der Waals surface area contributed by atoms with Crippen LogP contribution in [0, 0.1) is 6.92 Å². The molecule has 3 N–H and O–H groups in total. The summed E-state index contributed by atoms with van der Waals surface area (Å²) in [6.45, 7) is 4.93. The number of hydrogen-bond donors (Lipinski definition) is 3. The molecule has 22 heavy (non-hydrogen) atoms. The van der Waals surface area contributed by atoms with E-state index in [2.05, 4.69) is 5.32 Å². The number of anilines is 1. The Morgan fingerprint density at radius 2 is 2.09 bits per heavy atom. The van der Waals surface area contributed by atoms with Gasteiger partial charge in [0.1, 0.15) is 24.1 Å². The van der Waals surface area contributed by atoms with Gasteiger partial charge in [0, 0.05) is 18.3 Å². The van der Waals surface area contributed by atoms with Gasteiger partial charge < -0.3 is 29.7 Å². The fraction of sp³-hybridized carbons (Fsp3) is 0.625. The van der Waals surface area contributed by atoms with Crippen molar-refractivity contribution in [2.75, 3.05) is 25.1 Å². The van der Waals surface area contributed by atoms with Crippen LogP contribution in [0.1, 0.15) is 12.5 Å². The molecule has 5 atom stereocenters. The summed E-state index contributed by atoms with van der Waals surface area (Å²) in [4.78, 5) is 0. The summed E-state index contributed by atoms with van der Waals surface area (Å²) >= 11 is 0. The van der Waals surface area contributed by atoms with Crippen LogP contribution in [0.15, 0.2) is 18.2 Å². The molecule has 0 unspecified atom stereocenters. The van der Waals surface area contributed by atoms with Crippen LogP contribution in [-0.2, 0) is 9.47 Å². The van der Waals surface area contributed by atoms with Crippen LogP contribution >= 0.6 is 0 Å². The first-order valence-electron chi connectivity index (χ1n) is 7.65. The van der Waals surface area contributed by atoms with Gasteiger partial charge in [0.2, 0.25) is 0 Å². The van der Waals surface area contributed by atoms with E-state index in [0.29, 0.717) is 19.8 Å². The fourth-order valence-electron chi connectivity index (χ4n) is 2.84. The zero-order valence-electron chi connectivity index (χ0n) is 12.9. The summed E-state index contributed by atoms with van der Waals surface area (Å²) in [6, 6.07) is 5.79. The van der Waals surface area contributed by atoms with Gasteiger partial charge in [-0.25, -0.2) is 0 Å². The molecule has 0 amide bonds. The molecule has 3 rings (SSSR count). The number of aliphatic hydroxyl groups is 2. The van der Waals surface area contributed by atoms with Crippen molar-refractivity contribution in [3.05, 3.63) is 23.8 Å². The highest BCUT2D eigenvalue weighted by molar-refractivity contribution is 5.54. The average molecular weight is 309 g/mol. The van der Waals surface area contributed by atoms with Crippen molar-refractivity contribution in [1.29, 1.82) is 0 Å². The monoisotopic (exact) mass is 309 g/mol. The Hall–Kier alpha value is -1.34. The summed E-state index contributed by atoms with van der Waals surface area (Å²) in [5.74, 6) is 0.720. The third-order valence-corrected chi connectivity index (χ3v) is 4.07.